The number of H-pyrrole nitrogens is 2. The van der Waals surface area contributed by atoms with Crippen LogP contribution < -0.4 is 5.56 Å². The van der Waals surface area contributed by atoms with E-state index in [1.165, 1.54) is 6.08 Å². The van der Waals surface area contributed by atoms with Gasteiger partial charge in [-0.3, -0.25) is 4.79 Å². The van der Waals surface area contributed by atoms with Crippen LogP contribution in [0.2, 0.25) is 0 Å². The van der Waals surface area contributed by atoms with Gasteiger partial charge in [0.15, 0.2) is 0 Å². The molecule has 2 N–H and O–H groups in total. The Morgan fingerprint density at radius 2 is 2.11 bits per heavy atom. The van der Waals surface area contributed by atoms with Crippen LogP contribution in [0.15, 0.2) is 53.6 Å². The Morgan fingerprint density at radius 1 is 1.41 bits per heavy atom. The number of nitrogens with one attached hydrogen (secondary N) is 2. The van der Waals surface area contributed by atoms with Crippen LogP contribution in [-0.4, -0.2) is 20.2 Å². The number of hydrogen-bond donors (Lipinski definition) is 2. The Balaban J connectivity index is 0.000000596. The van der Waals surface area contributed by atoms with Crippen molar-refractivity contribution in [2.75, 3.05) is 0 Å². The zero-order valence-electron chi connectivity index (χ0n) is 16.1. The summed E-state index contributed by atoms with van der Waals surface area (Å²) in [6.45, 7) is 10.8. The molecule has 1 atom stereocenters. The summed E-state index contributed by atoms with van der Waals surface area (Å²) in [6.07, 6.45) is 4.35. The second kappa shape index (κ2) is 9.07. The molecule has 2 heterocycles. The molecule has 0 spiro atoms. The van der Waals surface area contributed by atoms with Gasteiger partial charge in [0.25, 0.3) is 5.56 Å². The Labute approximate surface area is 158 Å². The molecule has 0 saturated heterocycles. The Hall–Kier alpha value is -3.02. The summed E-state index contributed by atoms with van der Waals surface area (Å²) < 4.78 is 13.8. The van der Waals surface area contributed by atoms with Crippen LogP contribution in [0.5, 0.6) is 0 Å². The minimum absolute atomic E-state index is 0.295. The van der Waals surface area contributed by atoms with E-state index in [1.54, 1.807) is 19.9 Å². The van der Waals surface area contributed by atoms with Crippen molar-refractivity contribution in [1.82, 2.24) is 20.2 Å². The van der Waals surface area contributed by atoms with E-state index in [2.05, 4.69) is 33.7 Å². The van der Waals surface area contributed by atoms with Crippen molar-refractivity contribution >= 4 is 11.0 Å². The standard InChI is InChI=1S/C17H17FN4O.C4H8/c1-4-12(18)10(3)14-8-11(17(23)22-21-14)16-19-13-7-5-6-9(2)15(13)20-16;1-3-4-2/h4-8,10H,1-3H3,(H,19,20)(H,22,23);3H,1,4H2,2H3/b12-4+;. The van der Waals surface area contributed by atoms with Crippen LogP contribution in [-0.2, 0) is 0 Å². The monoisotopic (exact) mass is 368 g/mol. The van der Waals surface area contributed by atoms with E-state index in [4.69, 9.17) is 0 Å². The molecule has 0 saturated carbocycles. The molecule has 2 aromatic heterocycles. The van der Waals surface area contributed by atoms with E-state index in [0.29, 0.717) is 17.1 Å². The average Bonchev–Trinajstić information content (AvgIpc) is 3.13. The molecule has 27 heavy (non-hydrogen) atoms. The fraction of sp³-hybridized carbons (Fsp3) is 0.286. The van der Waals surface area contributed by atoms with Gasteiger partial charge in [-0.05, 0) is 38.0 Å². The van der Waals surface area contributed by atoms with Crippen molar-refractivity contribution in [3.8, 4) is 11.4 Å². The highest BCUT2D eigenvalue weighted by molar-refractivity contribution is 5.82. The zero-order valence-corrected chi connectivity index (χ0v) is 16.1. The van der Waals surface area contributed by atoms with Gasteiger partial charge in [0.2, 0.25) is 0 Å². The maximum atomic E-state index is 13.8. The number of hydrogen-bond acceptors (Lipinski definition) is 3. The highest BCUT2D eigenvalue weighted by Crippen LogP contribution is 2.25. The zero-order chi connectivity index (χ0) is 20.0. The number of para-hydroxylation sites is 1. The molecule has 5 nitrogen and oxygen atoms in total. The molecule has 0 bridgehead atoms. The Morgan fingerprint density at radius 3 is 2.70 bits per heavy atom. The summed E-state index contributed by atoms with van der Waals surface area (Å²) in [6, 6.07) is 7.36. The topological polar surface area (TPSA) is 74.4 Å². The molecular formula is C21H25FN4O. The smallest absolute Gasteiger partial charge is 0.275 e. The van der Waals surface area contributed by atoms with Crippen molar-refractivity contribution in [3.63, 3.8) is 0 Å². The van der Waals surface area contributed by atoms with Crippen LogP contribution in [0, 0.1) is 6.92 Å². The Kier molecular flexibility index (Phi) is 6.82. The van der Waals surface area contributed by atoms with E-state index in [0.717, 1.165) is 23.0 Å². The van der Waals surface area contributed by atoms with Crippen molar-refractivity contribution < 1.29 is 4.39 Å². The van der Waals surface area contributed by atoms with Crippen LogP contribution in [0.3, 0.4) is 0 Å². The molecule has 142 valence electrons. The molecule has 0 aliphatic heterocycles. The quantitative estimate of drug-likeness (QED) is 0.623. The second-order valence-corrected chi connectivity index (χ2v) is 6.18. The molecule has 6 heteroatoms. The molecule has 0 aliphatic rings. The number of halogens is 1. The molecule has 3 aromatic rings. The molecule has 0 amide bonds. The van der Waals surface area contributed by atoms with Gasteiger partial charge in [0.1, 0.15) is 11.7 Å². The number of aromatic amines is 2. The summed E-state index contributed by atoms with van der Waals surface area (Å²) in [5.74, 6) is -0.370. The van der Waals surface area contributed by atoms with Gasteiger partial charge in [0.05, 0.1) is 28.2 Å². The molecule has 1 aromatic carbocycles. The van der Waals surface area contributed by atoms with Gasteiger partial charge in [-0.25, -0.2) is 14.5 Å². The minimum atomic E-state index is -0.526. The van der Waals surface area contributed by atoms with E-state index in [9.17, 15) is 9.18 Å². The van der Waals surface area contributed by atoms with E-state index in [-0.39, 0.29) is 11.4 Å². The van der Waals surface area contributed by atoms with E-state index >= 15 is 0 Å². The van der Waals surface area contributed by atoms with Crippen LogP contribution >= 0.6 is 0 Å². The minimum Gasteiger partial charge on any atom is -0.338 e. The third-order valence-corrected chi connectivity index (χ3v) is 4.21. The number of benzene rings is 1. The van der Waals surface area contributed by atoms with Crippen LogP contribution in [0.1, 0.15) is 44.4 Å². The van der Waals surface area contributed by atoms with E-state index in [1.807, 2.05) is 31.2 Å². The summed E-state index contributed by atoms with van der Waals surface area (Å²) in [5.41, 5.74) is 3.12. The summed E-state index contributed by atoms with van der Waals surface area (Å²) >= 11 is 0. The van der Waals surface area contributed by atoms with Gasteiger partial charge in [-0.15, -0.1) is 6.58 Å². The predicted molar refractivity (Wildman–Crippen MR) is 108 cm³/mol. The number of rotatable bonds is 4. The van der Waals surface area contributed by atoms with Crippen molar-refractivity contribution in [2.45, 2.75) is 40.0 Å². The van der Waals surface area contributed by atoms with E-state index < -0.39 is 5.92 Å². The summed E-state index contributed by atoms with van der Waals surface area (Å²) in [5, 5.41) is 6.37. The lowest BCUT2D eigenvalue weighted by Gasteiger charge is -2.08. The fourth-order valence-electron chi connectivity index (χ4n) is 2.51. The van der Waals surface area contributed by atoms with Crippen LogP contribution in [0.4, 0.5) is 4.39 Å². The molecule has 3 rings (SSSR count). The van der Waals surface area contributed by atoms with Gasteiger partial charge in [0, 0.05) is 0 Å². The maximum absolute atomic E-state index is 13.8. The van der Waals surface area contributed by atoms with Gasteiger partial charge < -0.3 is 4.98 Å². The summed E-state index contributed by atoms with van der Waals surface area (Å²) in [4.78, 5) is 19.7. The number of fused-ring (bicyclic) bond motifs is 1. The Bertz CT molecular complexity index is 1020. The first-order chi connectivity index (χ1) is 12.9. The largest absolute Gasteiger partial charge is 0.338 e. The molecule has 0 radical (unpaired) electrons. The first-order valence-electron chi connectivity index (χ1n) is 8.90. The van der Waals surface area contributed by atoms with Gasteiger partial charge >= 0.3 is 0 Å². The highest BCUT2D eigenvalue weighted by atomic mass is 19.1. The highest BCUT2D eigenvalue weighted by Gasteiger charge is 2.17. The fourth-order valence-corrected chi connectivity index (χ4v) is 2.51. The maximum Gasteiger partial charge on any atom is 0.275 e. The molecule has 1 unspecified atom stereocenters. The normalized spacial score (nSPS) is 12.4. The SMILES string of the molecule is C/C=C(/F)C(C)c1cc(-c2nc3c(C)cccc3[nH]2)c(=O)[nH]n1.C=CCC. The molecule has 0 aliphatic carbocycles. The lowest BCUT2D eigenvalue weighted by atomic mass is 10.0. The number of nitrogens with zero attached hydrogens (tertiary/aromatic N) is 2. The van der Waals surface area contributed by atoms with Crippen molar-refractivity contribution in [2.24, 2.45) is 0 Å². The van der Waals surface area contributed by atoms with Crippen molar-refractivity contribution in [3.05, 3.63) is 70.4 Å². The third-order valence-electron chi connectivity index (χ3n) is 4.21. The third kappa shape index (κ3) is 4.58. The average molecular weight is 368 g/mol. The van der Waals surface area contributed by atoms with Crippen molar-refractivity contribution in [1.29, 1.82) is 0 Å². The number of aromatic nitrogens is 4. The molecular weight excluding hydrogens is 343 g/mol. The van der Waals surface area contributed by atoms with Crippen LogP contribution in [0.25, 0.3) is 22.4 Å². The number of allylic oxidation sites excluding steroid dienone is 3. The van der Waals surface area contributed by atoms with Gasteiger partial charge in [-0.1, -0.05) is 38.1 Å². The van der Waals surface area contributed by atoms with Gasteiger partial charge in [-0.2, -0.15) is 5.10 Å². The first-order valence-corrected chi connectivity index (χ1v) is 8.90. The second-order valence-electron chi connectivity index (χ2n) is 6.18. The first kappa shape index (κ1) is 20.3. The predicted octanol–water partition coefficient (Wildman–Crippen LogP) is 5.18. The summed E-state index contributed by atoms with van der Waals surface area (Å²) in [7, 11) is 0. The number of aryl methyl sites for hydroxylation is 1. The number of imidazole rings is 1. The molecule has 0 fully saturated rings. The lowest BCUT2D eigenvalue weighted by Crippen LogP contribution is -2.14. The lowest BCUT2D eigenvalue weighted by molar-refractivity contribution is 0.552.